The van der Waals surface area contributed by atoms with Crippen molar-refractivity contribution in [1.82, 2.24) is 9.97 Å². The topological polar surface area (TPSA) is 92.7 Å². The summed E-state index contributed by atoms with van der Waals surface area (Å²) >= 11 is 0. The molecule has 0 saturated carbocycles. The zero-order chi connectivity index (χ0) is 11.3. The molecule has 0 bridgehead atoms. The highest BCUT2D eigenvalue weighted by Crippen LogP contribution is 2.14. The highest BCUT2D eigenvalue weighted by Gasteiger charge is 2.12. The lowest BCUT2D eigenvalue weighted by atomic mass is 10.1. The molecule has 0 spiro atoms. The molecular weight excluding hydrogens is 192 g/mol. The van der Waals surface area contributed by atoms with Crippen molar-refractivity contribution in [3.8, 4) is 0 Å². The third-order valence-electron chi connectivity index (χ3n) is 2.08. The largest absolute Gasteiger partial charge is 0.384 e. The summed E-state index contributed by atoms with van der Waals surface area (Å²) in [4.78, 5) is 18.8. The maximum absolute atomic E-state index is 10.8. The van der Waals surface area contributed by atoms with Crippen molar-refractivity contribution in [3.05, 3.63) is 23.8 Å². The molecule has 0 aliphatic carbocycles. The van der Waals surface area contributed by atoms with E-state index in [-0.39, 0.29) is 11.8 Å². The van der Waals surface area contributed by atoms with Gasteiger partial charge in [-0.05, 0) is 6.42 Å². The number of amidine groups is 1. The first-order valence-corrected chi connectivity index (χ1v) is 4.80. The minimum atomic E-state index is -0.254. The summed E-state index contributed by atoms with van der Waals surface area (Å²) in [6.07, 6.45) is 5.43. The molecular formula is C10H14N4O. The van der Waals surface area contributed by atoms with Gasteiger partial charge in [0.15, 0.2) is 0 Å². The zero-order valence-corrected chi connectivity index (χ0v) is 8.60. The quantitative estimate of drug-likeness (QED) is 0.424. The average molecular weight is 206 g/mol. The van der Waals surface area contributed by atoms with Gasteiger partial charge in [0.1, 0.15) is 17.9 Å². The zero-order valence-electron chi connectivity index (χ0n) is 8.60. The van der Waals surface area contributed by atoms with Crippen molar-refractivity contribution in [3.63, 3.8) is 0 Å². The van der Waals surface area contributed by atoms with Gasteiger partial charge in [-0.1, -0.05) is 13.3 Å². The Kier molecular flexibility index (Phi) is 3.91. The lowest BCUT2D eigenvalue weighted by molar-refractivity contribution is -0.109. The fourth-order valence-electron chi connectivity index (χ4n) is 1.24. The van der Waals surface area contributed by atoms with Crippen LogP contribution in [0.4, 0.5) is 0 Å². The lowest BCUT2D eigenvalue weighted by Crippen LogP contribution is -2.13. The predicted molar refractivity (Wildman–Crippen MR) is 56.8 cm³/mol. The molecule has 0 fully saturated rings. The molecule has 5 nitrogen and oxygen atoms in total. The second kappa shape index (κ2) is 5.19. The van der Waals surface area contributed by atoms with E-state index in [0.717, 1.165) is 19.1 Å². The second-order valence-corrected chi connectivity index (χ2v) is 3.27. The molecule has 1 aromatic heterocycles. The number of aldehydes is 1. The van der Waals surface area contributed by atoms with Gasteiger partial charge < -0.3 is 10.5 Å². The van der Waals surface area contributed by atoms with Crippen LogP contribution in [0.3, 0.4) is 0 Å². The van der Waals surface area contributed by atoms with Crippen LogP contribution < -0.4 is 5.73 Å². The third-order valence-corrected chi connectivity index (χ3v) is 2.08. The van der Waals surface area contributed by atoms with Gasteiger partial charge in [0.25, 0.3) is 0 Å². The molecule has 0 radical (unpaired) electrons. The number of nitrogens with zero attached hydrogens (tertiary/aromatic N) is 2. The van der Waals surface area contributed by atoms with Crippen LogP contribution >= 0.6 is 0 Å². The number of nitrogens with one attached hydrogen (secondary N) is 1. The van der Waals surface area contributed by atoms with Gasteiger partial charge in [0, 0.05) is 12.4 Å². The molecule has 15 heavy (non-hydrogen) atoms. The van der Waals surface area contributed by atoms with Gasteiger partial charge in [0.05, 0.1) is 11.5 Å². The molecule has 1 atom stereocenters. The summed E-state index contributed by atoms with van der Waals surface area (Å²) < 4.78 is 0. The summed E-state index contributed by atoms with van der Waals surface area (Å²) in [6, 6.07) is 0. The van der Waals surface area contributed by atoms with Crippen LogP contribution in [0.25, 0.3) is 0 Å². The van der Waals surface area contributed by atoms with Gasteiger partial charge in [-0.25, -0.2) is 9.97 Å². The molecule has 0 amide bonds. The third kappa shape index (κ3) is 2.83. The Hall–Kier alpha value is -1.78. The summed E-state index contributed by atoms with van der Waals surface area (Å²) in [6.45, 7) is 2.00. The molecule has 1 aromatic rings. The molecule has 0 saturated heterocycles. The van der Waals surface area contributed by atoms with E-state index in [1.165, 1.54) is 12.4 Å². The molecule has 0 aromatic carbocycles. The van der Waals surface area contributed by atoms with Crippen LogP contribution in [0.15, 0.2) is 12.4 Å². The predicted octanol–water partition coefficient (Wildman–Crippen LogP) is 0.843. The summed E-state index contributed by atoms with van der Waals surface area (Å²) in [5.41, 5.74) is 5.74. The van der Waals surface area contributed by atoms with Crippen molar-refractivity contribution in [2.24, 2.45) is 5.73 Å². The van der Waals surface area contributed by atoms with E-state index in [1.54, 1.807) is 0 Å². The van der Waals surface area contributed by atoms with Crippen LogP contribution in [0.2, 0.25) is 0 Å². The average Bonchev–Trinajstić information content (AvgIpc) is 2.26. The van der Waals surface area contributed by atoms with Gasteiger partial charge in [-0.15, -0.1) is 0 Å². The number of carbonyl (C=O) groups excluding carboxylic acids is 1. The standard InChI is InChI=1S/C10H14N4O/c1-2-3-7(6-15)10-13-4-8(5-14-10)9(11)12/h4-7H,2-3H2,1H3,(H3,11,12). The number of hydrogen-bond donors (Lipinski definition) is 2. The van der Waals surface area contributed by atoms with E-state index in [9.17, 15) is 4.79 Å². The minimum Gasteiger partial charge on any atom is -0.384 e. The minimum absolute atomic E-state index is 0.0697. The molecule has 1 heterocycles. The van der Waals surface area contributed by atoms with Crippen molar-refractivity contribution in [2.75, 3.05) is 0 Å². The van der Waals surface area contributed by atoms with E-state index < -0.39 is 0 Å². The van der Waals surface area contributed by atoms with Gasteiger partial charge in [-0.3, -0.25) is 5.41 Å². The number of nitrogens with two attached hydrogens (primary N) is 1. The monoisotopic (exact) mass is 206 g/mol. The van der Waals surface area contributed by atoms with Crippen LogP contribution in [0.5, 0.6) is 0 Å². The highest BCUT2D eigenvalue weighted by molar-refractivity contribution is 5.94. The Balaban J connectivity index is 2.86. The molecule has 0 aliphatic rings. The van der Waals surface area contributed by atoms with Crippen molar-refractivity contribution < 1.29 is 4.79 Å². The molecule has 1 unspecified atom stereocenters. The maximum Gasteiger partial charge on any atom is 0.138 e. The molecule has 80 valence electrons. The lowest BCUT2D eigenvalue weighted by Gasteiger charge is -2.07. The normalized spacial score (nSPS) is 12.1. The van der Waals surface area contributed by atoms with E-state index in [4.69, 9.17) is 11.1 Å². The number of nitrogen functional groups attached to an aromatic ring is 1. The first-order chi connectivity index (χ1) is 7.19. The first-order valence-electron chi connectivity index (χ1n) is 4.80. The van der Waals surface area contributed by atoms with Crippen LogP contribution in [-0.4, -0.2) is 22.1 Å². The molecule has 5 heteroatoms. The van der Waals surface area contributed by atoms with Gasteiger partial charge in [0.2, 0.25) is 0 Å². The Morgan fingerprint density at radius 3 is 2.60 bits per heavy atom. The smallest absolute Gasteiger partial charge is 0.138 e. The summed E-state index contributed by atoms with van der Waals surface area (Å²) in [5.74, 6) is 0.174. The van der Waals surface area contributed by atoms with Crippen LogP contribution in [0, 0.1) is 5.41 Å². The van der Waals surface area contributed by atoms with Crippen molar-refractivity contribution in [1.29, 1.82) is 5.41 Å². The molecule has 1 rings (SSSR count). The van der Waals surface area contributed by atoms with E-state index >= 15 is 0 Å². The maximum atomic E-state index is 10.8. The van der Waals surface area contributed by atoms with Crippen LogP contribution in [-0.2, 0) is 4.79 Å². The molecule has 0 aliphatic heterocycles. The van der Waals surface area contributed by atoms with Crippen LogP contribution in [0.1, 0.15) is 37.1 Å². The number of aromatic nitrogens is 2. The summed E-state index contributed by atoms with van der Waals surface area (Å²) in [7, 11) is 0. The molecule has 3 N–H and O–H groups in total. The number of carbonyl (C=O) groups is 1. The Bertz CT molecular complexity index is 347. The van der Waals surface area contributed by atoms with E-state index in [2.05, 4.69) is 9.97 Å². The second-order valence-electron chi connectivity index (χ2n) is 3.27. The first kappa shape index (κ1) is 11.3. The summed E-state index contributed by atoms with van der Waals surface area (Å²) in [5, 5.41) is 7.17. The van der Waals surface area contributed by atoms with Gasteiger partial charge >= 0.3 is 0 Å². The highest BCUT2D eigenvalue weighted by atomic mass is 16.1. The number of rotatable bonds is 5. The SMILES string of the molecule is CCCC(C=O)c1ncc(C(=N)N)cn1. The van der Waals surface area contributed by atoms with Crippen molar-refractivity contribution >= 4 is 12.1 Å². The number of hydrogen-bond acceptors (Lipinski definition) is 4. The van der Waals surface area contributed by atoms with E-state index in [0.29, 0.717) is 11.4 Å². The Labute approximate surface area is 88.2 Å². The fourth-order valence-corrected chi connectivity index (χ4v) is 1.24. The van der Waals surface area contributed by atoms with Gasteiger partial charge in [-0.2, -0.15) is 0 Å². The van der Waals surface area contributed by atoms with Crippen molar-refractivity contribution in [2.45, 2.75) is 25.7 Å². The Morgan fingerprint density at radius 1 is 1.60 bits per heavy atom. The Morgan fingerprint density at radius 2 is 2.20 bits per heavy atom. The van der Waals surface area contributed by atoms with E-state index in [1.807, 2.05) is 6.92 Å². The fraction of sp³-hybridized carbons (Fsp3) is 0.400.